The highest BCUT2D eigenvalue weighted by molar-refractivity contribution is 5.98. The van der Waals surface area contributed by atoms with E-state index in [-0.39, 0.29) is 28.8 Å². The number of nitrogens with zero attached hydrogens (tertiary/aromatic N) is 5. The summed E-state index contributed by atoms with van der Waals surface area (Å²) in [6.07, 6.45) is 1.78. The lowest BCUT2D eigenvalue weighted by Gasteiger charge is -2.34. The second kappa shape index (κ2) is 9.37. The van der Waals surface area contributed by atoms with E-state index in [1.165, 1.54) is 19.2 Å². The molecular formula is C26H23F2N5O3. The molecule has 0 spiro atoms. The maximum absolute atomic E-state index is 14.2. The molecule has 5 rings (SSSR count). The summed E-state index contributed by atoms with van der Waals surface area (Å²) in [4.78, 5) is 20.1. The van der Waals surface area contributed by atoms with E-state index in [2.05, 4.69) is 15.4 Å². The van der Waals surface area contributed by atoms with Gasteiger partial charge in [-0.05, 0) is 30.2 Å². The fourth-order valence-electron chi connectivity index (χ4n) is 4.71. The SMILES string of the molecule is CON=C(C)c1c(C2CN(C(=O)c3cc(-c4ccc(F)cc4F)on3)Cc3ccccc32)cnn1C. The van der Waals surface area contributed by atoms with Crippen molar-refractivity contribution in [1.29, 1.82) is 0 Å². The third-order valence-corrected chi connectivity index (χ3v) is 6.32. The average Bonchev–Trinajstić information content (AvgIpc) is 3.50. The maximum Gasteiger partial charge on any atom is 0.276 e. The van der Waals surface area contributed by atoms with Gasteiger partial charge in [0.15, 0.2) is 11.5 Å². The molecule has 0 saturated heterocycles. The lowest BCUT2D eigenvalue weighted by Crippen LogP contribution is -2.39. The average molecular weight is 491 g/mol. The van der Waals surface area contributed by atoms with E-state index < -0.39 is 11.6 Å². The lowest BCUT2D eigenvalue weighted by atomic mass is 9.84. The smallest absolute Gasteiger partial charge is 0.276 e. The number of hydrogen-bond donors (Lipinski definition) is 0. The molecule has 2 aromatic heterocycles. The standard InChI is InChI=1S/C26H23F2N5O3/c1-15(30-35-3)25-20(12-29-32(25)2)21-14-33(13-16-6-4-5-7-18(16)21)26(34)23-11-24(36-31-23)19-9-8-17(27)10-22(19)28/h4-12,21H,13-14H2,1-3H3. The minimum atomic E-state index is -0.797. The number of carbonyl (C=O) groups excluding carboxylic acids is 1. The number of oxime groups is 1. The number of rotatable bonds is 5. The molecule has 2 aromatic carbocycles. The molecule has 1 amide bonds. The molecule has 36 heavy (non-hydrogen) atoms. The van der Waals surface area contributed by atoms with Gasteiger partial charge in [-0.1, -0.05) is 34.6 Å². The zero-order valence-corrected chi connectivity index (χ0v) is 19.9. The lowest BCUT2D eigenvalue weighted by molar-refractivity contribution is 0.0714. The molecule has 1 atom stereocenters. The summed E-state index contributed by atoms with van der Waals surface area (Å²) in [5, 5.41) is 12.4. The van der Waals surface area contributed by atoms with Crippen LogP contribution in [0.1, 0.15) is 45.7 Å². The van der Waals surface area contributed by atoms with Gasteiger partial charge in [-0.3, -0.25) is 9.48 Å². The minimum Gasteiger partial charge on any atom is -0.399 e. The molecule has 184 valence electrons. The zero-order valence-electron chi connectivity index (χ0n) is 19.9. The molecule has 0 N–H and O–H groups in total. The Labute approximate surface area is 205 Å². The Morgan fingerprint density at radius 3 is 2.75 bits per heavy atom. The minimum absolute atomic E-state index is 0.0257. The van der Waals surface area contributed by atoms with Crippen molar-refractivity contribution in [2.24, 2.45) is 12.2 Å². The van der Waals surface area contributed by atoms with Gasteiger partial charge in [0, 0.05) is 43.8 Å². The molecule has 10 heteroatoms. The van der Waals surface area contributed by atoms with Crippen LogP contribution in [0.15, 0.2) is 64.4 Å². The number of halogens is 2. The van der Waals surface area contributed by atoms with E-state index in [0.717, 1.165) is 34.5 Å². The molecule has 3 heterocycles. The number of amides is 1. The molecule has 1 aliphatic rings. The van der Waals surface area contributed by atoms with Crippen molar-refractivity contribution in [2.45, 2.75) is 19.4 Å². The fourth-order valence-corrected chi connectivity index (χ4v) is 4.71. The number of aromatic nitrogens is 3. The first-order chi connectivity index (χ1) is 17.4. The fraction of sp³-hybridized carbons (Fsp3) is 0.231. The van der Waals surface area contributed by atoms with Crippen molar-refractivity contribution in [1.82, 2.24) is 19.8 Å². The van der Waals surface area contributed by atoms with Crippen molar-refractivity contribution in [3.05, 3.63) is 94.4 Å². The summed E-state index contributed by atoms with van der Waals surface area (Å²) in [5.41, 5.74) is 4.53. The van der Waals surface area contributed by atoms with Crippen molar-refractivity contribution >= 4 is 11.6 Å². The van der Waals surface area contributed by atoms with Crippen LogP contribution < -0.4 is 0 Å². The summed E-state index contributed by atoms with van der Waals surface area (Å²) in [6.45, 7) is 2.58. The van der Waals surface area contributed by atoms with Crippen LogP contribution in [0.3, 0.4) is 0 Å². The van der Waals surface area contributed by atoms with Crippen LogP contribution in [0.25, 0.3) is 11.3 Å². The Bertz CT molecular complexity index is 1480. The molecule has 1 unspecified atom stereocenters. The predicted molar refractivity (Wildman–Crippen MR) is 127 cm³/mol. The number of carbonyl (C=O) groups is 1. The Balaban J connectivity index is 1.50. The van der Waals surface area contributed by atoms with Gasteiger partial charge >= 0.3 is 0 Å². The quantitative estimate of drug-likeness (QED) is 0.303. The van der Waals surface area contributed by atoms with Gasteiger partial charge in [-0.15, -0.1) is 0 Å². The van der Waals surface area contributed by atoms with Crippen LogP contribution in [0.4, 0.5) is 8.78 Å². The van der Waals surface area contributed by atoms with Crippen molar-refractivity contribution in [3.63, 3.8) is 0 Å². The van der Waals surface area contributed by atoms with Gasteiger partial charge in [0.2, 0.25) is 0 Å². The molecule has 0 saturated carbocycles. The highest BCUT2D eigenvalue weighted by atomic mass is 19.1. The van der Waals surface area contributed by atoms with Gasteiger partial charge < -0.3 is 14.3 Å². The van der Waals surface area contributed by atoms with Crippen LogP contribution in [0.2, 0.25) is 0 Å². The van der Waals surface area contributed by atoms with Gasteiger partial charge in [-0.2, -0.15) is 5.10 Å². The normalized spacial score (nSPS) is 15.6. The number of benzene rings is 2. The molecule has 0 bridgehead atoms. The van der Waals surface area contributed by atoms with Gasteiger partial charge in [0.1, 0.15) is 24.5 Å². The molecule has 0 fully saturated rings. The zero-order chi connectivity index (χ0) is 25.4. The van der Waals surface area contributed by atoms with Gasteiger partial charge in [0.05, 0.1) is 17.5 Å². The molecule has 0 radical (unpaired) electrons. The summed E-state index contributed by atoms with van der Waals surface area (Å²) in [6, 6.07) is 12.4. The van der Waals surface area contributed by atoms with Crippen LogP contribution in [0.5, 0.6) is 0 Å². The third-order valence-electron chi connectivity index (χ3n) is 6.32. The molecular weight excluding hydrogens is 468 g/mol. The topological polar surface area (TPSA) is 85.8 Å². The Morgan fingerprint density at radius 2 is 1.97 bits per heavy atom. The first-order valence-electron chi connectivity index (χ1n) is 11.3. The molecule has 0 aliphatic carbocycles. The highest BCUT2D eigenvalue weighted by Gasteiger charge is 2.33. The van der Waals surface area contributed by atoms with Gasteiger partial charge in [0.25, 0.3) is 5.91 Å². The maximum atomic E-state index is 14.2. The van der Waals surface area contributed by atoms with E-state index in [9.17, 15) is 13.6 Å². The van der Waals surface area contributed by atoms with Crippen LogP contribution in [0, 0.1) is 11.6 Å². The summed E-state index contributed by atoms with van der Waals surface area (Å²) in [5.74, 6) is -1.99. The van der Waals surface area contributed by atoms with E-state index in [1.54, 1.807) is 15.8 Å². The number of aryl methyl sites for hydroxylation is 1. The number of fused-ring (bicyclic) bond motifs is 1. The highest BCUT2D eigenvalue weighted by Crippen LogP contribution is 2.36. The molecule has 1 aliphatic heterocycles. The van der Waals surface area contributed by atoms with Crippen LogP contribution in [-0.4, -0.2) is 45.1 Å². The Kier molecular flexibility index (Phi) is 6.09. The number of hydrogen-bond acceptors (Lipinski definition) is 6. The third kappa shape index (κ3) is 4.15. The van der Waals surface area contributed by atoms with E-state index >= 15 is 0 Å². The van der Waals surface area contributed by atoms with Crippen LogP contribution >= 0.6 is 0 Å². The van der Waals surface area contributed by atoms with Crippen molar-refractivity contribution in [3.8, 4) is 11.3 Å². The van der Waals surface area contributed by atoms with E-state index in [0.29, 0.717) is 18.8 Å². The predicted octanol–water partition coefficient (Wildman–Crippen LogP) is 4.51. The second-order valence-electron chi connectivity index (χ2n) is 8.57. The summed E-state index contributed by atoms with van der Waals surface area (Å²) in [7, 11) is 3.32. The molecule has 8 nitrogen and oxygen atoms in total. The summed E-state index contributed by atoms with van der Waals surface area (Å²) >= 11 is 0. The molecule has 4 aromatic rings. The second-order valence-corrected chi connectivity index (χ2v) is 8.57. The van der Waals surface area contributed by atoms with Crippen molar-refractivity contribution < 1.29 is 22.9 Å². The first kappa shape index (κ1) is 23.4. The monoisotopic (exact) mass is 491 g/mol. The first-order valence-corrected chi connectivity index (χ1v) is 11.3. The summed E-state index contributed by atoms with van der Waals surface area (Å²) < 4.78 is 34.5. The van der Waals surface area contributed by atoms with E-state index in [4.69, 9.17) is 9.36 Å². The Hall–Kier alpha value is -4.34. The van der Waals surface area contributed by atoms with Crippen molar-refractivity contribution in [2.75, 3.05) is 13.7 Å². The van der Waals surface area contributed by atoms with E-state index in [1.807, 2.05) is 38.2 Å². The van der Waals surface area contributed by atoms with Gasteiger partial charge in [-0.25, -0.2) is 8.78 Å². The van der Waals surface area contributed by atoms with Crippen LogP contribution in [-0.2, 0) is 18.4 Å². The Morgan fingerprint density at radius 1 is 1.17 bits per heavy atom. The largest absolute Gasteiger partial charge is 0.399 e.